The molecule has 0 radical (unpaired) electrons. The molecular weight excluding hydrogens is 226 g/mol. The van der Waals surface area contributed by atoms with E-state index in [0.29, 0.717) is 19.6 Å². The molecule has 1 aromatic rings. The first kappa shape index (κ1) is 13.1. The van der Waals surface area contributed by atoms with Crippen LogP contribution in [0.2, 0.25) is 0 Å². The summed E-state index contributed by atoms with van der Waals surface area (Å²) in [6.45, 7) is 5.58. The Labute approximate surface area is 108 Å². The fraction of sp³-hybridized carbons (Fsp3) is 0.500. The smallest absolute Gasteiger partial charge is 0.237 e. The van der Waals surface area contributed by atoms with E-state index >= 15 is 0 Å². The van der Waals surface area contributed by atoms with Crippen LogP contribution in [0.15, 0.2) is 30.3 Å². The van der Waals surface area contributed by atoms with Gasteiger partial charge in [0.15, 0.2) is 0 Å². The zero-order chi connectivity index (χ0) is 13.0. The molecule has 0 saturated carbocycles. The predicted octanol–water partition coefficient (Wildman–Crippen LogP) is 0.678. The molecule has 1 aliphatic heterocycles. The Morgan fingerprint density at radius 3 is 2.61 bits per heavy atom. The molecule has 0 spiro atoms. The second-order valence-corrected chi connectivity index (χ2v) is 4.86. The maximum absolute atomic E-state index is 12.1. The van der Waals surface area contributed by atoms with Crippen LogP contribution in [0.3, 0.4) is 0 Å². The monoisotopic (exact) mass is 247 g/mol. The van der Waals surface area contributed by atoms with E-state index in [2.05, 4.69) is 24.0 Å². The van der Waals surface area contributed by atoms with Gasteiger partial charge in [-0.2, -0.15) is 0 Å². The zero-order valence-corrected chi connectivity index (χ0v) is 10.9. The number of amides is 1. The van der Waals surface area contributed by atoms with Crippen molar-refractivity contribution in [3.63, 3.8) is 0 Å². The Morgan fingerprint density at radius 2 is 2.00 bits per heavy atom. The van der Waals surface area contributed by atoms with Crippen molar-refractivity contribution in [2.45, 2.75) is 19.5 Å². The fourth-order valence-corrected chi connectivity index (χ4v) is 2.22. The number of nitrogens with zero attached hydrogens (tertiary/aromatic N) is 2. The first-order valence-corrected chi connectivity index (χ1v) is 6.46. The van der Waals surface area contributed by atoms with Crippen LogP contribution in [0.1, 0.15) is 12.5 Å². The van der Waals surface area contributed by atoms with Crippen molar-refractivity contribution in [3.05, 3.63) is 35.9 Å². The highest BCUT2D eigenvalue weighted by Crippen LogP contribution is 2.11. The summed E-state index contributed by atoms with van der Waals surface area (Å²) in [5, 5.41) is 0. The fourth-order valence-electron chi connectivity index (χ4n) is 2.22. The Bertz CT molecular complexity index is 393. The van der Waals surface area contributed by atoms with Crippen molar-refractivity contribution >= 4 is 5.91 Å². The van der Waals surface area contributed by atoms with Crippen LogP contribution in [0.25, 0.3) is 0 Å². The van der Waals surface area contributed by atoms with Gasteiger partial charge in [-0.25, -0.2) is 0 Å². The molecule has 1 aliphatic rings. The van der Waals surface area contributed by atoms with Gasteiger partial charge < -0.3 is 10.6 Å². The predicted molar refractivity (Wildman–Crippen MR) is 71.9 cm³/mol. The second kappa shape index (κ2) is 5.98. The van der Waals surface area contributed by atoms with E-state index in [1.54, 1.807) is 0 Å². The van der Waals surface area contributed by atoms with Crippen molar-refractivity contribution in [2.24, 2.45) is 5.73 Å². The average Bonchev–Trinajstić information content (AvgIpc) is 2.41. The van der Waals surface area contributed by atoms with E-state index in [-0.39, 0.29) is 11.9 Å². The first-order chi connectivity index (χ1) is 8.70. The largest absolute Gasteiger partial charge is 0.336 e. The Balaban J connectivity index is 1.92. The summed E-state index contributed by atoms with van der Waals surface area (Å²) in [4.78, 5) is 16.2. The number of carbonyl (C=O) groups is 1. The summed E-state index contributed by atoms with van der Waals surface area (Å²) in [6, 6.07) is 10.4. The molecule has 1 saturated heterocycles. The molecular formula is C14H21N3O. The molecule has 1 atom stereocenters. The van der Waals surface area contributed by atoms with Crippen molar-refractivity contribution in [1.82, 2.24) is 9.80 Å². The van der Waals surface area contributed by atoms with Crippen LogP contribution in [0.5, 0.6) is 0 Å². The molecule has 1 amide bonds. The minimum atomic E-state index is 0.199. The lowest BCUT2D eigenvalue weighted by Gasteiger charge is -2.37. The van der Waals surface area contributed by atoms with Gasteiger partial charge in [0.05, 0.1) is 6.54 Å². The molecule has 0 aliphatic carbocycles. The van der Waals surface area contributed by atoms with Gasteiger partial charge in [0.1, 0.15) is 0 Å². The summed E-state index contributed by atoms with van der Waals surface area (Å²) in [5.74, 6) is 0.199. The topological polar surface area (TPSA) is 49.6 Å². The highest BCUT2D eigenvalue weighted by atomic mass is 16.2. The molecule has 2 N–H and O–H groups in total. The second-order valence-electron chi connectivity index (χ2n) is 4.86. The number of hydrogen-bond acceptors (Lipinski definition) is 3. The van der Waals surface area contributed by atoms with Gasteiger partial charge in [0.25, 0.3) is 0 Å². The number of hydrogen-bond donors (Lipinski definition) is 1. The number of carbonyl (C=O) groups excluding carboxylic acids is 1. The summed E-state index contributed by atoms with van der Waals surface area (Å²) < 4.78 is 0. The van der Waals surface area contributed by atoms with E-state index in [9.17, 15) is 4.79 Å². The van der Waals surface area contributed by atoms with Gasteiger partial charge >= 0.3 is 0 Å². The van der Waals surface area contributed by atoms with Crippen LogP contribution < -0.4 is 5.73 Å². The van der Waals surface area contributed by atoms with Crippen LogP contribution in [-0.2, 0) is 11.3 Å². The third kappa shape index (κ3) is 3.09. The van der Waals surface area contributed by atoms with E-state index < -0.39 is 0 Å². The van der Waals surface area contributed by atoms with Gasteiger partial charge in [0.2, 0.25) is 5.91 Å². The highest BCUT2D eigenvalue weighted by molar-refractivity contribution is 5.79. The summed E-state index contributed by atoms with van der Waals surface area (Å²) in [7, 11) is 0. The number of nitrogens with two attached hydrogens (primary N) is 1. The Morgan fingerprint density at radius 1 is 1.28 bits per heavy atom. The van der Waals surface area contributed by atoms with Crippen molar-refractivity contribution in [2.75, 3.05) is 26.2 Å². The maximum Gasteiger partial charge on any atom is 0.237 e. The number of piperazine rings is 1. The third-order valence-electron chi connectivity index (χ3n) is 3.53. The van der Waals surface area contributed by atoms with E-state index in [0.717, 1.165) is 13.1 Å². The Hall–Kier alpha value is -1.39. The van der Waals surface area contributed by atoms with E-state index in [1.807, 2.05) is 23.1 Å². The van der Waals surface area contributed by atoms with Crippen LogP contribution in [0, 0.1) is 0 Å². The molecule has 1 unspecified atom stereocenters. The van der Waals surface area contributed by atoms with Crippen molar-refractivity contribution in [1.29, 1.82) is 0 Å². The lowest BCUT2D eigenvalue weighted by atomic mass is 10.1. The lowest BCUT2D eigenvalue weighted by Crippen LogP contribution is -2.53. The third-order valence-corrected chi connectivity index (χ3v) is 3.53. The van der Waals surface area contributed by atoms with Crippen molar-refractivity contribution in [3.8, 4) is 0 Å². The standard InChI is InChI=1S/C14H21N3O/c1-12(9-15)16-7-8-17(14(18)11-16)10-13-5-3-2-4-6-13/h2-6,12H,7-11,15H2,1H3. The molecule has 2 rings (SSSR count). The molecule has 4 nitrogen and oxygen atoms in total. The van der Waals surface area contributed by atoms with Crippen LogP contribution in [0.4, 0.5) is 0 Å². The van der Waals surface area contributed by atoms with E-state index in [4.69, 9.17) is 5.73 Å². The summed E-state index contributed by atoms with van der Waals surface area (Å²) in [5.41, 5.74) is 6.83. The maximum atomic E-state index is 12.1. The average molecular weight is 247 g/mol. The number of benzene rings is 1. The molecule has 1 aromatic carbocycles. The minimum Gasteiger partial charge on any atom is -0.336 e. The van der Waals surface area contributed by atoms with Crippen LogP contribution >= 0.6 is 0 Å². The minimum absolute atomic E-state index is 0.199. The lowest BCUT2D eigenvalue weighted by molar-refractivity contribution is -0.137. The molecule has 1 heterocycles. The molecule has 0 aromatic heterocycles. The summed E-state index contributed by atoms with van der Waals surface area (Å²) in [6.07, 6.45) is 0. The van der Waals surface area contributed by atoms with Gasteiger partial charge in [-0.1, -0.05) is 30.3 Å². The van der Waals surface area contributed by atoms with Gasteiger partial charge in [-0.3, -0.25) is 9.69 Å². The molecule has 18 heavy (non-hydrogen) atoms. The quantitative estimate of drug-likeness (QED) is 0.851. The first-order valence-electron chi connectivity index (χ1n) is 6.46. The Kier molecular flexibility index (Phi) is 4.33. The molecule has 0 bridgehead atoms. The molecule has 1 fully saturated rings. The van der Waals surface area contributed by atoms with Gasteiger partial charge in [0, 0.05) is 32.2 Å². The molecule has 98 valence electrons. The molecule has 4 heteroatoms. The number of rotatable bonds is 4. The summed E-state index contributed by atoms with van der Waals surface area (Å²) >= 11 is 0. The van der Waals surface area contributed by atoms with Gasteiger partial charge in [-0.05, 0) is 12.5 Å². The van der Waals surface area contributed by atoms with E-state index in [1.165, 1.54) is 5.56 Å². The van der Waals surface area contributed by atoms with Gasteiger partial charge in [-0.15, -0.1) is 0 Å². The zero-order valence-electron chi connectivity index (χ0n) is 10.9. The van der Waals surface area contributed by atoms with Crippen molar-refractivity contribution < 1.29 is 4.79 Å². The van der Waals surface area contributed by atoms with Crippen LogP contribution in [-0.4, -0.2) is 47.9 Å². The SMILES string of the molecule is CC(CN)N1CCN(Cc2ccccc2)C(=O)C1. The highest BCUT2D eigenvalue weighted by Gasteiger charge is 2.26. The normalized spacial score (nSPS) is 19.0.